The fraction of sp³-hybridized carbons (Fsp3) is 0.727. The number of benzene rings is 1. The van der Waals surface area contributed by atoms with Gasteiger partial charge in [-0.1, -0.05) is 45.0 Å². The molecule has 1 rings (SSSR count). The Bertz CT molecular complexity index is 451. The Morgan fingerprint density at radius 3 is 1.84 bits per heavy atom. The lowest BCUT2D eigenvalue weighted by molar-refractivity contribution is 0.180. The third kappa shape index (κ3) is 7.89. The molecule has 0 heterocycles. The van der Waals surface area contributed by atoms with Crippen LogP contribution in [0, 0.1) is 0 Å². The van der Waals surface area contributed by atoms with E-state index in [4.69, 9.17) is 0 Å². The second-order valence-electron chi connectivity index (χ2n) is 7.53. The molecule has 144 valence electrons. The normalized spacial score (nSPS) is 13.4. The smallest absolute Gasteiger partial charge is 0.0233 e. The van der Waals surface area contributed by atoms with E-state index in [9.17, 15) is 0 Å². The number of hydrogen-bond acceptors (Lipinski definition) is 3. The molecule has 25 heavy (non-hydrogen) atoms. The minimum Gasteiger partial charge on any atom is -0.303 e. The summed E-state index contributed by atoms with van der Waals surface area (Å²) in [5, 5.41) is 0. The zero-order valence-electron chi connectivity index (χ0n) is 17.8. The molecule has 0 aromatic heterocycles. The Hall–Kier alpha value is -0.900. The van der Waals surface area contributed by atoms with Gasteiger partial charge in [-0.3, -0.25) is 9.80 Å². The lowest BCUT2D eigenvalue weighted by Gasteiger charge is -2.30. The van der Waals surface area contributed by atoms with Gasteiger partial charge in [0.25, 0.3) is 0 Å². The highest BCUT2D eigenvalue weighted by Crippen LogP contribution is 2.12. The molecular weight excluding hydrogens is 306 g/mol. The van der Waals surface area contributed by atoms with Gasteiger partial charge in [-0.05, 0) is 65.0 Å². The third-order valence-electron chi connectivity index (χ3n) is 5.50. The number of likely N-dealkylation sites (N-methyl/N-ethyl adjacent to an activating group) is 2. The van der Waals surface area contributed by atoms with Crippen LogP contribution >= 0.6 is 0 Å². The first-order valence-corrected chi connectivity index (χ1v) is 10.2. The summed E-state index contributed by atoms with van der Waals surface area (Å²) in [7, 11) is 2.19. The fourth-order valence-corrected chi connectivity index (χ4v) is 3.22. The molecule has 1 unspecified atom stereocenters. The van der Waals surface area contributed by atoms with Crippen LogP contribution in [-0.2, 0) is 13.0 Å². The first-order chi connectivity index (χ1) is 11.9. The van der Waals surface area contributed by atoms with Gasteiger partial charge in [-0.2, -0.15) is 0 Å². The number of nitrogens with zero attached hydrogens (tertiary/aromatic N) is 3. The Balaban J connectivity index is 2.55. The Morgan fingerprint density at radius 1 is 0.800 bits per heavy atom. The summed E-state index contributed by atoms with van der Waals surface area (Å²) in [4.78, 5) is 7.50. The summed E-state index contributed by atoms with van der Waals surface area (Å²) >= 11 is 0. The van der Waals surface area contributed by atoms with Gasteiger partial charge in [-0.25, -0.2) is 0 Å². The van der Waals surface area contributed by atoms with Gasteiger partial charge in [0.05, 0.1) is 0 Å². The van der Waals surface area contributed by atoms with E-state index >= 15 is 0 Å². The maximum atomic E-state index is 2.61. The van der Waals surface area contributed by atoms with Crippen molar-refractivity contribution in [3.05, 3.63) is 35.4 Å². The molecule has 0 saturated carbocycles. The van der Waals surface area contributed by atoms with Crippen LogP contribution in [-0.4, -0.2) is 66.6 Å². The molecule has 0 bridgehead atoms. The Morgan fingerprint density at radius 2 is 1.36 bits per heavy atom. The van der Waals surface area contributed by atoms with Crippen LogP contribution in [0.1, 0.15) is 52.7 Å². The van der Waals surface area contributed by atoms with E-state index in [-0.39, 0.29) is 0 Å². The van der Waals surface area contributed by atoms with Crippen molar-refractivity contribution in [1.82, 2.24) is 14.7 Å². The second-order valence-corrected chi connectivity index (χ2v) is 7.53. The molecule has 0 N–H and O–H groups in total. The van der Waals surface area contributed by atoms with Crippen LogP contribution in [0.2, 0.25) is 0 Å². The quantitative estimate of drug-likeness (QED) is 0.563. The van der Waals surface area contributed by atoms with Gasteiger partial charge in [-0.15, -0.1) is 0 Å². The van der Waals surface area contributed by atoms with Crippen LogP contribution in [0.3, 0.4) is 0 Å². The van der Waals surface area contributed by atoms with Crippen molar-refractivity contribution in [3.63, 3.8) is 0 Å². The molecule has 0 amide bonds. The average Bonchev–Trinajstić information content (AvgIpc) is 2.60. The summed E-state index contributed by atoms with van der Waals surface area (Å²) in [5.41, 5.74) is 2.85. The Kier molecular flexibility index (Phi) is 10.3. The van der Waals surface area contributed by atoms with E-state index in [0.29, 0.717) is 12.1 Å². The Labute approximate surface area is 157 Å². The van der Waals surface area contributed by atoms with Crippen molar-refractivity contribution in [2.75, 3.05) is 39.8 Å². The lowest BCUT2D eigenvalue weighted by atomic mass is 10.0. The van der Waals surface area contributed by atoms with Gasteiger partial charge >= 0.3 is 0 Å². The molecule has 0 aliphatic carbocycles. The average molecular weight is 348 g/mol. The molecule has 1 atom stereocenters. The maximum absolute atomic E-state index is 2.61. The second kappa shape index (κ2) is 11.7. The molecule has 0 fully saturated rings. The molecule has 0 saturated heterocycles. The number of hydrogen-bond donors (Lipinski definition) is 0. The molecule has 0 aliphatic heterocycles. The highest BCUT2D eigenvalue weighted by atomic mass is 15.2. The third-order valence-corrected chi connectivity index (χ3v) is 5.50. The van der Waals surface area contributed by atoms with Crippen LogP contribution in [0.25, 0.3) is 0 Å². The zero-order chi connectivity index (χ0) is 18.8. The summed E-state index contributed by atoms with van der Waals surface area (Å²) in [5.74, 6) is 0. The van der Waals surface area contributed by atoms with Crippen LogP contribution in [0.4, 0.5) is 0 Å². The van der Waals surface area contributed by atoms with Crippen LogP contribution in [0.5, 0.6) is 0 Å². The minimum atomic E-state index is 0.587. The van der Waals surface area contributed by atoms with Crippen molar-refractivity contribution in [2.45, 2.75) is 66.6 Å². The summed E-state index contributed by atoms with van der Waals surface area (Å²) < 4.78 is 0. The molecule has 1 aromatic rings. The summed E-state index contributed by atoms with van der Waals surface area (Å²) in [6.45, 7) is 20.4. The monoisotopic (exact) mass is 347 g/mol. The van der Waals surface area contributed by atoms with Gasteiger partial charge in [0.15, 0.2) is 0 Å². The summed E-state index contributed by atoms with van der Waals surface area (Å²) in [6, 6.07) is 10.4. The zero-order valence-corrected chi connectivity index (χ0v) is 17.8. The molecule has 0 spiro atoms. The van der Waals surface area contributed by atoms with E-state index in [1.165, 1.54) is 17.7 Å². The van der Waals surface area contributed by atoms with Crippen molar-refractivity contribution >= 4 is 0 Å². The summed E-state index contributed by atoms with van der Waals surface area (Å²) in [6.07, 6.45) is 1.13. The maximum Gasteiger partial charge on any atom is 0.0233 e. The topological polar surface area (TPSA) is 9.72 Å². The predicted octanol–water partition coefficient (Wildman–Crippen LogP) is 4.12. The highest BCUT2D eigenvalue weighted by Gasteiger charge is 2.14. The van der Waals surface area contributed by atoms with Crippen molar-refractivity contribution < 1.29 is 0 Å². The minimum absolute atomic E-state index is 0.587. The number of rotatable bonds is 12. The van der Waals surface area contributed by atoms with Gasteiger partial charge in [0, 0.05) is 31.7 Å². The van der Waals surface area contributed by atoms with Crippen molar-refractivity contribution in [3.8, 4) is 0 Å². The van der Waals surface area contributed by atoms with Crippen LogP contribution in [0.15, 0.2) is 24.3 Å². The van der Waals surface area contributed by atoms with Gasteiger partial charge in [0.1, 0.15) is 0 Å². The molecule has 3 heteroatoms. The van der Waals surface area contributed by atoms with Crippen molar-refractivity contribution in [1.29, 1.82) is 0 Å². The molecule has 0 radical (unpaired) electrons. The SMILES string of the molecule is CCN(CC)CCN(CC)C(C)Cc1ccc(CN(C)C(C)C)cc1. The molecule has 0 aliphatic rings. The molecule has 1 aromatic carbocycles. The van der Waals surface area contributed by atoms with E-state index in [1.54, 1.807) is 0 Å². The van der Waals surface area contributed by atoms with E-state index in [2.05, 4.69) is 87.6 Å². The first kappa shape index (κ1) is 22.1. The van der Waals surface area contributed by atoms with Crippen molar-refractivity contribution in [2.24, 2.45) is 0 Å². The lowest BCUT2D eigenvalue weighted by Crippen LogP contribution is -2.40. The van der Waals surface area contributed by atoms with Gasteiger partial charge in [0.2, 0.25) is 0 Å². The largest absolute Gasteiger partial charge is 0.303 e. The predicted molar refractivity (Wildman–Crippen MR) is 111 cm³/mol. The highest BCUT2D eigenvalue weighted by molar-refractivity contribution is 5.23. The standard InChI is InChI=1S/C22H41N3/c1-8-24(9-2)15-16-25(10-3)20(6)17-21-11-13-22(14-12-21)18-23(7)19(4)5/h11-14,19-20H,8-10,15-18H2,1-7H3. The molecule has 3 nitrogen and oxygen atoms in total. The first-order valence-electron chi connectivity index (χ1n) is 10.2. The van der Waals surface area contributed by atoms with E-state index in [0.717, 1.165) is 39.1 Å². The van der Waals surface area contributed by atoms with E-state index < -0.39 is 0 Å². The fourth-order valence-electron chi connectivity index (χ4n) is 3.22. The van der Waals surface area contributed by atoms with Gasteiger partial charge < -0.3 is 4.90 Å². The van der Waals surface area contributed by atoms with Crippen LogP contribution < -0.4 is 0 Å². The van der Waals surface area contributed by atoms with E-state index in [1.807, 2.05) is 0 Å². The molecular formula is C22H41N3.